The van der Waals surface area contributed by atoms with Crippen molar-refractivity contribution < 1.29 is 14.6 Å². The summed E-state index contributed by atoms with van der Waals surface area (Å²) in [6.07, 6.45) is -1.08. The number of amides is 1. The molecule has 0 saturated carbocycles. The molecule has 4 nitrogen and oxygen atoms in total. The van der Waals surface area contributed by atoms with Crippen LogP contribution in [-0.4, -0.2) is 16.8 Å². The minimum Gasteiger partial charge on any atom is -0.488 e. The van der Waals surface area contributed by atoms with Gasteiger partial charge in [-0.3, -0.25) is 5.32 Å². The number of hydrogen-bond donors (Lipinski definition) is 2. The van der Waals surface area contributed by atoms with Crippen LogP contribution in [0.1, 0.15) is 20.8 Å². The van der Waals surface area contributed by atoms with Gasteiger partial charge in [0.25, 0.3) is 0 Å². The Bertz CT molecular complexity index is 355. The number of ether oxygens (including phenoxy) is 1. The van der Waals surface area contributed by atoms with Gasteiger partial charge in [-0.1, -0.05) is 6.07 Å². The van der Waals surface area contributed by atoms with Crippen molar-refractivity contribution in [2.75, 3.05) is 5.32 Å². The van der Waals surface area contributed by atoms with Crippen LogP contribution in [0.4, 0.5) is 10.5 Å². The average Bonchev–Trinajstić information content (AvgIpc) is 1.99. The zero-order valence-corrected chi connectivity index (χ0v) is 9.07. The summed E-state index contributed by atoms with van der Waals surface area (Å²) < 4.78 is 5.59. The standard InChI is InChI=1S/C11H15NO3/c1-11(2,3)15-9-6-4-5-8(7-9)12-10(13)14/h4-7,12H,1-3H3,(H,13,14). The van der Waals surface area contributed by atoms with Crippen molar-refractivity contribution >= 4 is 11.8 Å². The van der Waals surface area contributed by atoms with Crippen molar-refractivity contribution in [3.63, 3.8) is 0 Å². The Morgan fingerprint density at radius 1 is 1.40 bits per heavy atom. The molecule has 0 aromatic heterocycles. The molecule has 15 heavy (non-hydrogen) atoms. The first kappa shape index (κ1) is 11.4. The Morgan fingerprint density at radius 3 is 2.60 bits per heavy atom. The van der Waals surface area contributed by atoms with Crippen molar-refractivity contribution in [1.82, 2.24) is 0 Å². The normalized spacial score (nSPS) is 10.9. The van der Waals surface area contributed by atoms with Crippen LogP contribution < -0.4 is 10.1 Å². The van der Waals surface area contributed by atoms with Gasteiger partial charge in [-0.2, -0.15) is 0 Å². The van der Waals surface area contributed by atoms with Gasteiger partial charge in [0.05, 0.1) is 0 Å². The van der Waals surface area contributed by atoms with E-state index in [9.17, 15) is 4.79 Å². The van der Waals surface area contributed by atoms with Gasteiger partial charge in [0.1, 0.15) is 11.4 Å². The van der Waals surface area contributed by atoms with Gasteiger partial charge in [0.2, 0.25) is 0 Å². The highest BCUT2D eigenvalue weighted by Crippen LogP contribution is 2.21. The summed E-state index contributed by atoms with van der Waals surface area (Å²) in [6.45, 7) is 5.80. The smallest absolute Gasteiger partial charge is 0.409 e. The Labute approximate surface area is 88.9 Å². The number of rotatable bonds is 2. The van der Waals surface area contributed by atoms with Crippen LogP contribution in [0.3, 0.4) is 0 Å². The molecule has 4 heteroatoms. The van der Waals surface area contributed by atoms with Gasteiger partial charge in [-0.05, 0) is 32.9 Å². The molecular weight excluding hydrogens is 194 g/mol. The number of carboxylic acid groups (broad SMARTS) is 1. The monoisotopic (exact) mass is 209 g/mol. The van der Waals surface area contributed by atoms with E-state index in [0.29, 0.717) is 11.4 Å². The molecule has 2 N–H and O–H groups in total. The van der Waals surface area contributed by atoms with Crippen LogP contribution in [0.25, 0.3) is 0 Å². The molecule has 0 saturated heterocycles. The van der Waals surface area contributed by atoms with Crippen molar-refractivity contribution in [1.29, 1.82) is 0 Å². The van der Waals surface area contributed by atoms with Crippen molar-refractivity contribution in [2.45, 2.75) is 26.4 Å². The predicted octanol–water partition coefficient (Wildman–Crippen LogP) is 2.95. The van der Waals surface area contributed by atoms with Gasteiger partial charge < -0.3 is 9.84 Å². The minimum absolute atomic E-state index is 0.290. The maximum absolute atomic E-state index is 10.4. The Morgan fingerprint density at radius 2 is 2.07 bits per heavy atom. The fourth-order valence-electron chi connectivity index (χ4n) is 1.11. The number of benzene rings is 1. The van der Waals surface area contributed by atoms with Crippen LogP contribution in [0.5, 0.6) is 5.75 Å². The molecule has 0 spiro atoms. The van der Waals surface area contributed by atoms with E-state index in [0.717, 1.165) is 0 Å². The van der Waals surface area contributed by atoms with Crippen LogP contribution in [0.15, 0.2) is 24.3 Å². The van der Waals surface area contributed by atoms with Gasteiger partial charge in [0, 0.05) is 11.8 Å². The van der Waals surface area contributed by atoms with E-state index in [2.05, 4.69) is 5.32 Å². The minimum atomic E-state index is -1.08. The number of nitrogens with one attached hydrogen (secondary N) is 1. The number of carbonyl (C=O) groups is 1. The van der Waals surface area contributed by atoms with Crippen molar-refractivity contribution in [3.8, 4) is 5.75 Å². The van der Waals surface area contributed by atoms with E-state index in [4.69, 9.17) is 9.84 Å². The average molecular weight is 209 g/mol. The third kappa shape index (κ3) is 4.35. The molecule has 0 fully saturated rings. The van der Waals surface area contributed by atoms with Gasteiger partial charge >= 0.3 is 6.09 Å². The highest BCUT2D eigenvalue weighted by atomic mass is 16.5. The largest absolute Gasteiger partial charge is 0.488 e. The van der Waals surface area contributed by atoms with Crippen LogP contribution in [-0.2, 0) is 0 Å². The molecule has 82 valence electrons. The molecule has 0 aliphatic rings. The SMILES string of the molecule is CC(C)(C)Oc1cccc(NC(=O)O)c1. The third-order valence-electron chi connectivity index (χ3n) is 1.51. The van der Waals surface area contributed by atoms with E-state index < -0.39 is 6.09 Å². The predicted molar refractivity (Wildman–Crippen MR) is 58.5 cm³/mol. The lowest BCUT2D eigenvalue weighted by atomic mass is 10.2. The molecule has 1 rings (SSSR count). The van der Waals surface area contributed by atoms with E-state index >= 15 is 0 Å². The van der Waals surface area contributed by atoms with Crippen molar-refractivity contribution in [2.24, 2.45) is 0 Å². The highest BCUT2D eigenvalue weighted by molar-refractivity contribution is 5.83. The quantitative estimate of drug-likeness (QED) is 0.787. The van der Waals surface area contributed by atoms with E-state index in [-0.39, 0.29) is 5.60 Å². The third-order valence-corrected chi connectivity index (χ3v) is 1.51. The van der Waals surface area contributed by atoms with Crippen LogP contribution in [0, 0.1) is 0 Å². The summed E-state index contributed by atoms with van der Waals surface area (Å²) in [7, 11) is 0. The second-order valence-corrected chi connectivity index (χ2v) is 4.17. The highest BCUT2D eigenvalue weighted by Gasteiger charge is 2.11. The fourth-order valence-corrected chi connectivity index (χ4v) is 1.11. The lowest BCUT2D eigenvalue weighted by molar-refractivity contribution is 0.131. The molecule has 0 aliphatic heterocycles. The first-order chi connectivity index (χ1) is 6.87. The molecule has 0 radical (unpaired) electrons. The molecule has 1 amide bonds. The molecule has 0 aliphatic carbocycles. The molecule has 1 aromatic carbocycles. The first-order valence-electron chi connectivity index (χ1n) is 4.66. The van der Waals surface area contributed by atoms with E-state index in [1.54, 1.807) is 24.3 Å². The van der Waals surface area contributed by atoms with E-state index in [1.807, 2.05) is 20.8 Å². The molecular formula is C11H15NO3. The van der Waals surface area contributed by atoms with Gasteiger partial charge in [-0.15, -0.1) is 0 Å². The summed E-state index contributed by atoms with van der Waals surface area (Å²) in [5.41, 5.74) is 0.214. The second kappa shape index (κ2) is 4.21. The molecule has 0 bridgehead atoms. The van der Waals surface area contributed by atoms with Crippen molar-refractivity contribution in [3.05, 3.63) is 24.3 Å². The summed E-state index contributed by atoms with van der Waals surface area (Å²) in [5, 5.41) is 10.8. The molecule has 0 unspecified atom stereocenters. The van der Waals surface area contributed by atoms with Crippen LogP contribution >= 0.6 is 0 Å². The maximum Gasteiger partial charge on any atom is 0.409 e. The summed E-state index contributed by atoms with van der Waals surface area (Å²) in [5.74, 6) is 0.647. The summed E-state index contributed by atoms with van der Waals surface area (Å²) in [6, 6.07) is 6.85. The lowest BCUT2D eigenvalue weighted by Gasteiger charge is -2.21. The molecule has 0 heterocycles. The van der Waals surface area contributed by atoms with Crippen LogP contribution in [0.2, 0.25) is 0 Å². The maximum atomic E-state index is 10.4. The number of hydrogen-bond acceptors (Lipinski definition) is 2. The fraction of sp³-hybridized carbons (Fsp3) is 0.364. The lowest BCUT2D eigenvalue weighted by Crippen LogP contribution is -2.23. The Kier molecular flexibility index (Phi) is 3.19. The molecule has 0 atom stereocenters. The zero-order chi connectivity index (χ0) is 11.5. The van der Waals surface area contributed by atoms with Gasteiger partial charge in [0.15, 0.2) is 0 Å². The summed E-state index contributed by atoms with van der Waals surface area (Å²) >= 11 is 0. The second-order valence-electron chi connectivity index (χ2n) is 4.17. The topological polar surface area (TPSA) is 58.6 Å². The summed E-state index contributed by atoms with van der Waals surface area (Å²) in [4.78, 5) is 10.4. The Balaban J connectivity index is 2.79. The van der Waals surface area contributed by atoms with E-state index in [1.165, 1.54) is 0 Å². The Hall–Kier alpha value is -1.71. The zero-order valence-electron chi connectivity index (χ0n) is 9.07. The number of anilines is 1. The molecule has 1 aromatic rings. The first-order valence-corrected chi connectivity index (χ1v) is 4.66. The van der Waals surface area contributed by atoms with Gasteiger partial charge in [-0.25, -0.2) is 4.79 Å².